The summed E-state index contributed by atoms with van der Waals surface area (Å²) >= 11 is 0. The number of hydrogen-bond acceptors (Lipinski definition) is 5. The first-order valence-corrected chi connectivity index (χ1v) is 9.84. The number of aromatic nitrogens is 2. The van der Waals surface area contributed by atoms with Gasteiger partial charge in [0.2, 0.25) is 12.1 Å². The summed E-state index contributed by atoms with van der Waals surface area (Å²) < 4.78 is 13.7. The third kappa shape index (κ3) is 2.76. The molecule has 1 aromatic heterocycles. The number of hydrogen-bond donors (Lipinski definition) is 2. The van der Waals surface area contributed by atoms with E-state index in [2.05, 4.69) is 23.2 Å². The van der Waals surface area contributed by atoms with Gasteiger partial charge in [-0.3, -0.25) is 0 Å². The molecule has 5 rings (SSSR count). The molecule has 0 saturated heterocycles. The van der Waals surface area contributed by atoms with Gasteiger partial charge in [0.25, 0.3) is 0 Å². The van der Waals surface area contributed by atoms with E-state index in [9.17, 15) is 5.11 Å². The molecule has 0 radical (unpaired) electrons. The van der Waals surface area contributed by atoms with Crippen molar-refractivity contribution in [2.24, 2.45) is 0 Å². The molecule has 150 valence electrons. The average molecular weight is 400 g/mol. The van der Waals surface area contributed by atoms with Crippen LogP contribution in [0.2, 0.25) is 0 Å². The molecule has 3 N–H and O–H groups in total. The number of methoxy groups -OCH3 is 1. The fourth-order valence-corrected chi connectivity index (χ4v) is 4.28. The quantitative estimate of drug-likeness (QED) is 0.452. The van der Waals surface area contributed by atoms with Gasteiger partial charge in [-0.05, 0) is 22.9 Å². The van der Waals surface area contributed by atoms with Crippen LogP contribution in [0, 0.1) is 0 Å². The van der Waals surface area contributed by atoms with Gasteiger partial charge in [0, 0.05) is 11.1 Å². The minimum atomic E-state index is -0.232. The summed E-state index contributed by atoms with van der Waals surface area (Å²) in [7, 11) is 1.67. The van der Waals surface area contributed by atoms with Crippen molar-refractivity contribution in [3.8, 4) is 17.4 Å². The van der Waals surface area contributed by atoms with Crippen LogP contribution in [0.3, 0.4) is 0 Å². The second-order valence-corrected chi connectivity index (χ2v) is 7.24. The van der Waals surface area contributed by atoms with Crippen LogP contribution in [0.1, 0.15) is 22.6 Å². The van der Waals surface area contributed by atoms with E-state index < -0.39 is 0 Å². The first-order valence-electron chi connectivity index (χ1n) is 9.84. The minimum absolute atomic E-state index is 0.0327. The van der Waals surface area contributed by atoms with Crippen molar-refractivity contribution >= 4 is 16.6 Å². The van der Waals surface area contributed by atoms with Crippen LogP contribution < -0.4 is 19.8 Å². The standard InChI is InChI=1S/C24H21N3O3/c1-29-18-9-5-4-8-17(18)21-20-16-7-3-2-6-15(16)10-11-19(20)30-24-22(21)23(25)27(12-13-28)14-26-24/h2-11,14,21,25,28H,12-13H2,1H3/p+1/t21-/m0/s1. The minimum Gasteiger partial charge on any atom is -0.496 e. The summed E-state index contributed by atoms with van der Waals surface area (Å²) in [5.74, 6) is 2.28. The van der Waals surface area contributed by atoms with E-state index in [-0.39, 0.29) is 12.5 Å². The molecule has 0 unspecified atom stereocenters. The Kier molecular flexibility index (Phi) is 4.48. The Bertz CT molecular complexity index is 1260. The van der Waals surface area contributed by atoms with Gasteiger partial charge in [0.1, 0.15) is 17.1 Å². The van der Waals surface area contributed by atoms with Gasteiger partial charge in [0.15, 0.2) is 0 Å². The van der Waals surface area contributed by atoms with Crippen LogP contribution in [0.15, 0.2) is 67.0 Å². The maximum atomic E-state index is 9.46. The summed E-state index contributed by atoms with van der Waals surface area (Å²) in [6.07, 6.45) is 1.61. The molecule has 6 nitrogen and oxygen atoms in total. The Hall–Kier alpha value is -3.64. The number of nitrogens with zero attached hydrogens (tertiary/aromatic N) is 2. The number of anilines is 1. The molecule has 0 bridgehead atoms. The Morgan fingerprint density at radius 3 is 2.70 bits per heavy atom. The van der Waals surface area contributed by atoms with Gasteiger partial charge in [-0.1, -0.05) is 53.5 Å². The second-order valence-electron chi connectivity index (χ2n) is 7.24. The first kappa shape index (κ1) is 18.4. The molecule has 4 aromatic rings. The SMILES string of the molecule is COc1ccccc1[C@@H]1c2c(nc[n+](CCO)c2N)Oc2ccc3ccccc3c21. The smallest absolute Gasteiger partial charge is 0.306 e. The predicted molar refractivity (Wildman–Crippen MR) is 114 cm³/mol. The zero-order valence-electron chi connectivity index (χ0n) is 16.6. The Labute approximate surface area is 174 Å². The lowest BCUT2D eigenvalue weighted by molar-refractivity contribution is -0.687. The number of fused-ring (bicyclic) bond motifs is 4. The third-order valence-corrected chi connectivity index (χ3v) is 5.64. The summed E-state index contributed by atoms with van der Waals surface area (Å²) in [6.45, 7) is 0.322. The molecule has 0 aliphatic carbocycles. The fourth-order valence-electron chi connectivity index (χ4n) is 4.28. The molecule has 1 aliphatic heterocycles. The lowest BCUT2D eigenvalue weighted by atomic mass is 9.81. The van der Waals surface area contributed by atoms with Crippen LogP contribution in [0.25, 0.3) is 10.8 Å². The first-order chi connectivity index (χ1) is 14.7. The monoisotopic (exact) mass is 400 g/mol. The van der Waals surface area contributed by atoms with Gasteiger partial charge >= 0.3 is 5.88 Å². The third-order valence-electron chi connectivity index (χ3n) is 5.64. The number of nitrogen functional groups attached to an aromatic ring is 1. The lowest BCUT2D eigenvalue weighted by Gasteiger charge is -2.29. The second kappa shape index (κ2) is 7.31. The van der Waals surface area contributed by atoms with Crippen LogP contribution in [-0.2, 0) is 6.54 Å². The number of aliphatic hydroxyl groups excluding tert-OH is 1. The number of aliphatic hydroxyl groups is 1. The van der Waals surface area contributed by atoms with E-state index in [0.717, 1.165) is 39.0 Å². The number of rotatable bonds is 4. The largest absolute Gasteiger partial charge is 0.496 e. The van der Waals surface area contributed by atoms with E-state index in [1.807, 2.05) is 42.5 Å². The molecule has 0 saturated carbocycles. The van der Waals surface area contributed by atoms with Crippen molar-refractivity contribution in [3.63, 3.8) is 0 Å². The van der Waals surface area contributed by atoms with Crippen LogP contribution in [0.5, 0.6) is 17.4 Å². The van der Waals surface area contributed by atoms with E-state index in [1.165, 1.54) is 0 Å². The molecule has 2 heterocycles. The van der Waals surface area contributed by atoms with Crippen LogP contribution >= 0.6 is 0 Å². The highest BCUT2D eigenvalue weighted by Gasteiger charge is 2.38. The highest BCUT2D eigenvalue weighted by Crippen LogP contribution is 2.51. The Morgan fingerprint density at radius 2 is 1.87 bits per heavy atom. The zero-order chi connectivity index (χ0) is 20.7. The summed E-state index contributed by atoms with van der Waals surface area (Å²) in [4.78, 5) is 4.52. The summed E-state index contributed by atoms with van der Waals surface area (Å²) in [6, 6.07) is 20.2. The molecule has 1 atom stereocenters. The summed E-state index contributed by atoms with van der Waals surface area (Å²) in [5.41, 5.74) is 9.39. The topological polar surface area (TPSA) is 81.5 Å². The normalized spacial score (nSPS) is 14.7. The van der Waals surface area contributed by atoms with Gasteiger partial charge in [-0.25, -0.2) is 4.57 Å². The molecule has 30 heavy (non-hydrogen) atoms. The molecule has 1 aliphatic rings. The molecular formula is C24H22N3O3+. The van der Waals surface area contributed by atoms with Crippen molar-refractivity contribution in [2.75, 3.05) is 19.5 Å². The van der Waals surface area contributed by atoms with Gasteiger partial charge in [-0.15, -0.1) is 0 Å². The molecule has 6 heteroatoms. The van der Waals surface area contributed by atoms with Crippen LogP contribution in [0.4, 0.5) is 5.82 Å². The maximum absolute atomic E-state index is 9.46. The number of benzene rings is 3. The highest BCUT2D eigenvalue weighted by atomic mass is 16.5. The number of ether oxygens (including phenoxy) is 2. The molecule has 0 fully saturated rings. The molecule has 0 amide bonds. The number of nitrogens with two attached hydrogens (primary N) is 1. The fraction of sp³-hybridized carbons (Fsp3) is 0.167. The highest BCUT2D eigenvalue weighted by molar-refractivity contribution is 5.90. The number of para-hydroxylation sites is 1. The van der Waals surface area contributed by atoms with E-state index in [0.29, 0.717) is 18.2 Å². The zero-order valence-corrected chi connectivity index (χ0v) is 16.6. The summed E-state index contributed by atoms with van der Waals surface area (Å²) in [5, 5.41) is 11.7. The predicted octanol–water partition coefficient (Wildman–Crippen LogP) is 3.39. The van der Waals surface area contributed by atoms with Crippen LogP contribution in [-0.4, -0.2) is 23.8 Å². The van der Waals surface area contributed by atoms with Gasteiger partial charge in [-0.2, -0.15) is 0 Å². The van der Waals surface area contributed by atoms with Gasteiger partial charge in [0.05, 0.1) is 26.2 Å². The molecule has 0 spiro atoms. The van der Waals surface area contributed by atoms with E-state index in [1.54, 1.807) is 18.0 Å². The molecular weight excluding hydrogens is 378 g/mol. The van der Waals surface area contributed by atoms with Gasteiger partial charge < -0.3 is 20.3 Å². The van der Waals surface area contributed by atoms with E-state index >= 15 is 0 Å². The van der Waals surface area contributed by atoms with Crippen molar-refractivity contribution in [1.82, 2.24) is 4.98 Å². The van der Waals surface area contributed by atoms with Crippen molar-refractivity contribution in [3.05, 3.63) is 83.7 Å². The maximum Gasteiger partial charge on any atom is 0.306 e. The Balaban J connectivity index is 1.87. The Morgan fingerprint density at radius 1 is 1.07 bits per heavy atom. The van der Waals surface area contributed by atoms with Crippen molar-refractivity contribution < 1.29 is 19.1 Å². The van der Waals surface area contributed by atoms with Crippen molar-refractivity contribution in [1.29, 1.82) is 0 Å². The van der Waals surface area contributed by atoms with Crippen molar-refractivity contribution in [2.45, 2.75) is 12.5 Å². The average Bonchev–Trinajstić information content (AvgIpc) is 2.79. The van der Waals surface area contributed by atoms with E-state index in [4.69, 9.17) is 15.2 Å². The lowest BCUT2D eigenvalue weighted by Crippen LogP contribution is -2.41. The molecule has 3 aromatic carbocycles.